The normalized spacial score (nSPS) is 11.6. The van der Waals surface area contributed by atoms with Crippen LogP contribution in [-0.2, 0) is 6.17 Å². The van der Waals surface area contributed by atoms with E-state index < -0.39 is 8.07 Å². The van der Waals surface area contributed by atoms with Crippen LogP contribution in [0.25, 0.3) is 0 Å². The van der Waals surface area contributed by atoms with E-state index in [-0.39, 0.29) is 0 Å². The van der Waals surface area contributed by atoms with Gasteiger partial charge in [0.25, 0.3) is 0 Å². The fourth-order valence-electron chi connectivity index (χ4n) is 2.62. The molecule has 0 saturated heterocycles. The molecule has 0 amide bonds. The average molecular weight is 437 g/mol. The minimum Gasteiger partial charge on any atom is -0.255 e. The van der Waals surface area contributed by atoms with Gasteiger partial charge in [0.2, 0.25) is 0 Å². The van der Waals surface area contributed by atoms with Crippen LogP contribution >= 0.6 is 31.9 Å². The van der Waals surface area contributed by atoms with E-state index in [1.807, 2.05) is 4.68 Å². The van der Waals surface area contributed by atoms with E-state index in [4.69, 9.17) is 0 Å². The maximum atomic E-state index is 4.31. The van der Waals surface area contributed by atoms with Crippen molar-refractivity contribution in [1.82, 2.24) is 14.8 Å². The number of nitrogens with zero attached hydrogens (tertiary/aromatic N) is 3. The Kier molecular flexibility index (Phi) is 4.61. The zero-order valence-corrected chi connectivity index (χ0v) is 16.3. The van der Waals surface area contributed by atoms with Gasteiger partial charge in [-0.2, -0.15) is 5.10 Å². The molecule has 0 aliphatic heterocycles. The van der Waals surface area contributed by atoms with Gasteiger partial charge < -0.3 is 0 Å². The molecule has 3 rings (SSSR count). The molecule has 0 atom stereocenters. The average Bonchev–Trinajstić information content (AvgIpc) is 3.01. The van der Waals surface area contributed by atoms with Crippen molar-refractivity contribution in [2.24, 2.45) is 0 Å². The third-order valence-corrected chi connectivity index (χ3v) is 9.14. The van der Waals surface area contributed by atoms with Crippen molar-refractivity contribution in [2.75, 3.05) is 0 Å². The standard InChI is InChI=1S/C16H15Br2N3Si/c1-22(12-21-11-19-10-20-21,15-6-2-13(17)3-7-15)16-8-4-14(18)5-9-16/h2-11H,12H2,1H3. The third-order valence-electron chi connectivity index (χ3n) is 3.91. The highest BCUT2D eigenvalue weighted by molar-refractivity contribution is 9.10. The largest absolute Gasteiger partial charge is 0.255 e. The zero-order valence-electron chi connectivity index (χ0n) is 12.1. The first-order valence-electron chi connectivity index (χ1n) is 6.92. The van der Waals surface area contributed by atoms with Gasteiger partial charge >= 0.3 is 0 Å². The second kappa shape index (κ2) is 6.48. The summed E-state index contributed by atoms with van der Waals surface area (Å²) in [5, 5.41) is 7.07. The van der Waals surface area contributed by atoms with Crippen molar-refractivity contribution in [1.29, 1.82) is 0 Å². The van der Waals surface area contributed by atoms with Crippen molar-refractivity contribution in [3.8, 4) is 0 Å². The number of benzene rings is 2. The number of aromatic nitrogens is 3. The second-order valence-corrected chi connectivity index (χ2v) is 11.4. The summed E-state index contributed by atoms with van der Waals surface area (Å²) in [5.41, 5.74) is 0. The lowest BCUT2D eigenvalue weighted by Crippen LogP contribution is -2.59. The van der Waals surface area contributed by atoms with Crippen molar-refractivity contribution >= 4 is 50.3 Å². The summed E-state index contributed by atoms with van der Waals surface area (Å²) in [4.78, 5) is 4.08. The number of hydrogen-bond donors (Lipinski definition) is 0. The molecule has 0 bridgehead atoms. The molecule has 1 heterocycles. The lowest BCUT2D eigenvalue weighted by Gasteiger charge is -2.28. The molecular formula is C16H15Br2N3Si. The molecule has 0 radical (unpaired) electrons. The first kappa shape index (κ1) is 15.6. The lowest BCUT2D eigenvalue weighted by molar-refractivity contribution is 0.727. The molecule has 2 aromatic carbocycles. The summed E-state index contributed by atoms with van der Waals surface area (Å²) in [6.45, 7) is 2.38. The van der Waals surface area contributed by atoms with Gasteiger partial charge in [-0.15, -0.1) is 0 Å². The molecule has 0 unspecified atom stereocenters. The van der Waals surface area contributed by atoms with Crippen molar-refractivity contribution < 1.29 is 0 Å². The molecule has 3 aromatic rings. The van der Waals surface area contributed by atoms with Gasteiger partial charge in [0.05, 0.1) is 0 Å². The minimum absolute atomic E-state index is 0.871. The summed E-state index contributed by atoms with van der Waals surface area (Å²) in [6, 6.07) is 17.3. The lowest BCUT2D eigenvalue weighted by atomic mass is 10.4. The van der Waals surface area contributed by atoms with E-state index in [1.54, 1.807) is 12.7 Å². The van der Waals surface area contributed by atoms with Crippen LogP contribution in [0.3, 0.4) is 0 Å². The highest BCUT2D eigenvalue weighted by Crippen LogP contribution is 2.14. The van der Waals surface area contributed by atoms with Crippen LogP contribution in [0.5, 0.6) is 0 Å². The van der Waals surface area contributed by atoms with E-state index in [0.29, 0.717) is 0 Å². The second-order valence-electron chi connectivity index (χ2n) is 5.44. The first-order valence-corrected chi connectivity index (χ1v) is 11.2. The minimum atomic E-state index is -1.93. The van der Waals surface area contributed by atoms with Crippen LogP contribution in [0.2, 0.25) is 6.55 Å². The Balaban J connectivity index is 2.08. The van der Waals surface area contributed by atoms with Crippen LogP contribution in [0.1, 0.15) is 0 Å². The fourth-order valence-corrected chi connectivity index (χ4v) is 6.47. The maximum Gasteiger partial charge on any atom is 0.137 e. The molecule has 0 aliphatic rings. The van der Waals surface area contributed by atoms with E-state index in [2.05, 4.69) is 97.0 Å². The quantitative estimate of drug-likeness (QED) is 0.587. The Morgan fingerprint density at radius 2 is 1.41 bits per heavy atom. The van der Waals surface area contributed by atoms with Crippen LogP contribution in [0, 0.1) is 0 Å². The molecule has 0 saturated carbocycles. The molecule has 22 heavy (non-hydrogen) atoms. The highest BCUT2D eigenvalue weighted by Gasteiger charge is 2.32. The zero-order chi connectivity index (χ0) is 15.6. The van der Waals surface area contributed by atoms with E-state index in [0.717, 1.165) is 15.1 Å². The Hall–Kier alpha value is -1.24. The molecule has 112 valence electrons. The summed E-state index contributed by atoms with van der Waals surface area (Å²) < 4.78 is 4.14. The Morgan fingerprint density at radius 3 is 1.82 bits per heavy atom. The first-order chi connectivity index (χ1) is 10.6. The summed E-state index contributed by atoms with van der Waals surface area (Å²) in [6.07, 6.45) is 4.26. The molecule has 6 heteroatoms. The molecule has 3 nitrogen and oxygen atoms in total. The van der Waals surface area contributed by atoms with Crippen LogP contribution in [-0.4, -0.2) is 22.8 Å². The van der Waals surface area contributed by atoms with Gasteiger partial charge in [0.15, 0.2) is 0 Å². The van der Waals surface area contributed by atoms with Gasteiger partial charge in [0, 0.05) is 15.1 Å². The van der Waals surface area contributed by atoms with Crippen LogP contribution in [0.15, 0.2) is 70.1 Å². The number of halogens is 2. The molecule has 0 N–H and O–H groups in total. The molecular weight excluding hydrogens is 422 g/mol. The van der Waals surface area contributed by atoms with Crippen molar-refractivity contribution in [3.05, 3.63) is 70.1 Å². The number of rotatable bonds is 4. The molecule has 1 aromatic heterocycles. The molecule has 0 fully saturated rings. The Bertz CT molecular complexity index is 695. The van der Waals surface area contributed by atoms with Crippen molar-refractivity contribution in [2.45, 2.75) is 12.7 Å². The summed E-state index contributed by atoms with van der Waals surface area (Å²) in [7, 11) is -1.93. The monoisotopic (exact) mass is 435 g/mol. The van der Waals surface area contributed by atoms with Crippen molar-refractivity contribution in [3.63, 3.8) is 0 Å². The van der Waals surface area contributed by atoms with Crippen LogP contribution < -0.4 is 10.4 Å². The SMILES string of the molecule is C[Si](Cn1cncn1)(c1ccc(Br)cc1)c1ccc(Br)cc1. The predicted molar refractivity (Wildman–Crippen MR) is 99.2 cm³/mol. The molecule has 0 aliphatic carbocycles. The Labute approximate surface area is 147 Å². The van der Waals surface area contributed by atoms with E-state index >= 15 is 0 Å². The van der Waals surface area contributed by atoms with Gasteiger partial charge in [-0.25, -0.2) is 4.98 Å². The summed E-state index contributed by atoms with van der Waals surface area (Å²) in [5.74, 6) is 0. The summed E-state index contributed by atoms with van der Waals surface area (Å²) >= 11 is 7.04. The predicted octanol–water partition coefficient (Wildman–Crippen LogP) is 3.24. The van der Waals surface area contributed by atoms with E-state index in [9.17, 15) is 0 Å². The van der Waals surface area contributed by atoms with Crippen LogP contribution in [0.4, 0.5) is 0 Å². The highest BCUT2D eigenvalue weighted by atomic mass is 79.9. The molecule has 0 spiro atoms. The van der Waals surface area contributed by atoms with Gasteiger partial charge in [-0.05, 0) is 24.3 Å². The smallest absolute Gasteiger partial charge is 0.137 e. The fraction of sp³-hybridized carbons (Fsp3) is 0.125. The Morgan fingerprint density at radius 1 is 0.909 bits per heavy atom. The van der Waals surface area contributed by atoms with Gasteiger partial charge in [-0.3, -0.25) is 4.68 Å². The van der Waals surface area contributed by atoms with Gasteiger partial charge in [0.1, 0.15) is 20.7 Å². The maximum absolute atomic E-state index is 4.31. The van der Waals surface area contributed by atoms with Gasteiger partial charge in [-0.1, -0.05) is 73.0 Å². The number of hydrogen-bond acceptors (Lipinski definition) is 2. The topological polar surface area (TPSA) is 30.7 Å². The third kappa shape index (κ3) is 3.24. The van der Waals surface area contributed by atoms with E-state index in [1.165, 1.54) is 10.4 Å².